The van der Waals surface area contributed by atoms with E-state index in [0.29, 0.717) is 12.8 Å². The van der Waals surface area contributed by atoms with E-state index >= 15 is 0 Å². The van der Waals surface area contributed by atoms with E-state index in [-0.39, 0.29) is 19.4 Å². The SMILES string of the molecule is CCCCCC/C=C/CCCCCCCCCCCC(=O)O[C@H](COC(=O)CCC/C=C/CC/C=C/CCCCCCCCCCCCCCCC)COP(=O)(O)O. The quantitative estimate of drug-likeness (QED) is 0.0269. The van der Waals surface area contributed by atoms with Crippen LogP contribution in [0.1, 0.15) is 245 Å². The van der Waals surface area contributed by atoms with Crippen molar-refractivity contribution in [3.05, 3.63) is 36.5 Å². The van der Waals surface area contributed by atoms with Crippen molar-refractivity contribution < 1.29 is 37.9 Å². The molecule has 0 saturated carbocycles. The van der Waals surface area contributed by atoms with Crippen molar-refractivity contribution in [2.24, 2.45) is 0 Å². The Balaban J connectivity index is 3.87. The molecule has 0 aliphatic rings. The minimum atomic E-state index is -4.77. The van der Waals surface area contributed by atoms with Crippen LogP contribution in [0.2, 0.25) is 0 Å². The van der Waals surface area contributed by atoms with Gasteiger partial charge in [0.15, 0.2) is 6.10 Å². The van der Waals surface area contributed by atoms with Crippen molar-refractivity contribution in [1.82, 2.24) is 0 Å². The van der Waals surface area contributed by atoms with Crippen molar-refractivity contribution >= 4 is 19.8 Å². The fraction of sp³-hybridized carbons (Fsp3) is 0.837. The first-order chi connectivity index (χ1) is 28.3. The highest BCUT2D eigenvalue weighted by Gasteiger charge is 2.22. The average molecular weight is 839 g/mol. The summed E-state index contributed by atoms with van der Waals surface area (Å²) >= 11 is 0. The van der Waals surface area contributed by atoms with E-state index in [1.165, 1.54) is 161 Å². The second-order valence-corrected chi connectivity index (χ2v) is 17.7. The van der Waals surface area contributed by atoms with Gasteiger partial charge in [-0.3, -0.25) is 14.1 Å². The minimum Gasteiger partial charge on any atom is -0.462 e. The van der Waals surface area contributed by atoms with Crippen molar-refractivity contribution in [3.63, 3.8) is 0 Å². The highest BCUT2D eigenvalue weighted by Crippen LogP contribution is 2.36. The second kappa shape index (κ2) is 44.8. The van der Waals surface area contributed by atoms with Gasteiger partial charge >= 0.3 is 19.8 Å². The molecule has 0 fully saturated rings. The van der Waals surface area contributed by atoms with E-state index in [9.17, 15) is 14.2 Å². The summed E-state index contributed by atoms with van der Waals surface area (Å²) in [6, 6.07) is 0. The molecule has 0 aromatic heterocycles. The Morgan fingerprint density at radius 3 is 1.17 bits per heavy atom. The summed E-state index contributed by atoms with van der Waals surface area (Å²) in [5.41, 5.74) is 0. The van der Waals surface area contributed by atoms with Gasteiger partial charge in [0.25, 0.3) is 0 Å². The Bertz CT molecular complexity index is 1040. The number of phosphoric acid groups is 1. The van der Waals surface area contributed by atoms with Crippen molar-refractivity contribution in [3.8, 4) is 0 Å². The molecule has 0 bridgehead atoms. The lowest BCUT2D eigenvalue weighted by Gasteiger charge is -2.18. The summed E-state index contributed by atoms with van der Waals surface area (Å²) in [4.78, 5) is 43.0. The fourth-order valence-electron chi connectivity index (χ4n) is 6.98. The van der Waals surface area contributed by atoms with Gasteiger partial charge in [0.2, 0.25) is 0 Å². The minimum absolute atomic E-state index is 0.202. The molecule has 0 aromatic rings. The predicted molar refractivity (Wildman–Crippen MR) is 244 cm³/mol. The van der Waals surface area contributed by atoms with Gasteiger partial charge in [-0.2, -0.15) is 0 Å². The first kappa shape index (κ1) is 56.3. The molecular formula is C49H91O8P. The maximum Gasteiger partial charge on any atom is 0.469 e. The maximum absolute atomic E-state index is 12.4. The molecule has 0 rings (SSSR count). The number of carbonyl (C=O) groups excluding carboxylic acids is 2. The van der Waals surface area contributed by atoms with E-state index in [1.54, 1.807) is 0 Å². The first-order valence-corrected chi connectivity index (χ1v) is 25.8. The van der Waals surface area contributed by atoms with Crippen molar-refractivity contribution in [2.75, 3.05) is 13.2 Å². The summed E-state index contributed by atoms with van der Waals surface area (Å²) in [6.07, 6.45) is 54.6. The van der Waals surface area contributed by atoms with Crippen LogP contribution in [-0.4, -0.2) is 41.0 Å². The topological polar surface area (TPSA) is 119 Å². The van der Waals surface area contributed by atoms with Crippen LogP contribution in [0, 0.1) is 0 Å². The van der Waals surface area contributed by atoms with Crippen molar-refractivity contribution in [2.45, 2.75) is 251 Å². The zero-order chi connectivity index (χ0) is 42.5. The second-order valence-electron chi connectivity index (χ2n) is 16.4. The number of unbranched alkanes of at least 4 members (excludes halogenated alkanes) is 29. The highest BCUT2D eigenvalue weighted by atomic mass is 31.2. The number of phosphoric ester groups is 1. The van der Waals surface area contributed by atoms with Gasteiger partial charge in [0.1, 0.15) is 6.61 Å². The van der Waals surface area contributed by atoms with Gasteiger partial charge in [0, 0.05) is 12.8 Å². The van der Waals surface area contributed by atoms with Gasteiger partial charge in [-0.1, -0.05) is 198 Å². The molecule has 0 aliphatic heterocycles. The third kappa shape index (κ3) is 47.0. The molecule has 8 nitrogen and oxygen atoms in total. The molecule has 2 N–H and O–H groups in total. The largest absolute Gasteiger partial charge is 0.469 e. The summed E-state index contributed by atoms with van der Waals surface area (Å²) in [5.74, 6) is -0.928. The molecule has 9 heteroatoms. The molecule has 1 atom stereocenters. The van der Waals surface area contributed by atoms with Crippen LogP contribution in [0.3, 0.4) is 0 Å². The smallest absolute Gasteiger partial charge is 0.462 e. The molecule has 0 aliphatic carbocycles. The van der Waals surface area contributed by atoms with E-state index < -0.39 is 32.5 Å². The normalized spacial score (nSPS) is 12.7. The van der Waals surface area contributed by atoms with Gasteiger partial charge in [-0.05, 0) is 70.6 Å². The van der Waals surface area contributed by atoms with E-state index in [0.717, 1.165) is 44.9 Å². The fourth-order valence-corrected chi connectivity index (χ4v) is 7.34. The number of allylic oxidation sites excluding steroid dienone is 6. The van der Waals surface area contributed by atoms with Crippen LogP contribution in [0.5, 0.6) is 0 Å². The molecule has 0 spiro atoms. The standard InChI is InChI=1S/C49H91O8P/c1-3-5-7-9-11-13-15-17-19-21-22-23-24-25-26-28-29-31-33-35-37-39-41-43-48(50)55-45-47(46-56-58(52,53)54)57-49(51)44-42-40-38-36-34-32-30-27-20-18-16-14-12-10-8-6-4-2/h14,16,28-29,35,37,47H,3-13,15,17-27,30-34,36,38-46H2,1-2H3,(H2,52,53,54)/b16-14+,29-28+,37-35+/t47-/m1/s1. The van der Waals surface area contributed by atoms with E-state index in [4.69, 9.17) is 19.3 Å². The Morgan fingerprint density at radius 2 is 0.759 bits per heavy atom. The van der Waals surface area contributed by atoms with Gasteiger partial charge in [-0.25, -0.2) is 4.57 Å². The van der Waals surface area contributed by atoms with Crippen LogP contribution in [0.15, 0.2) is 36.5 Å². The number of ether oxygens (including phenoxy) is 2. The molecule has 340 valence electrons. The lowest BCUT2D eigenvalue weighted by Crippen LogP contribution is -2.29. The summed E-state index contributed by atoms with van der Waals surface area (Å²) in [5, 5.41) is 0. The van der Waals surface area contributed by atoms with Crippen molar-refractivity contribution in [1.29, 1.82) is 0 Å². The molecule has 0 aromatic carbocycles. The number of hydrogen-bond donors (Lipinski definition) is 2. The van der Waals surface area contributed by atoms with Crippen LogP contribution in [0.4, 0.5) is 0 Å². The lowest BCUT2D eigenvalue weighted by atomic mass is 10.0. The number of hydrogen-bond acceptors (Lipinski definition) is 6. The summed E-state index contributed by atoms with van der Waals surface area (Å²) < 4.78 is 26.4. The Labute approximate surface area is 357 Å². The Hall–Kier alpha value is -1.73. The van der Waals surface area contributed by atoms with Gasteiger partial charge < -0.3 is 19.3 Å². The highest BCUT2D eigenvalue weighted by molar-refractivity contribution is 7.46. The molecular weight excluding hydrogens is 748 g/mol. The zero-order valence-electron chi connectivity index (χ0n) is 37.7. The van der Waals surface area contributed by atoms with Crippen LogP contribution < -0.4 is 0 Å². The summed E-state index contributed by atoms with van der Waals surface area (Å²) in [6.45, 7) is 3.67. The molecule has 0 saturated heterocycles. The lowest BCUT2D eigenvalue weighted by molar-refractivity contribution is -0.161. The third-order valence-electron chi connectivity index (χ3n) is 10.6. The molecule has 0 unspecified atom stereocenters. The molecule has 58 heavy (non-hydrogen) atoms. The first-order valence-electron chi connectivity index (χ1n) is 24.3. The van der Waals surface area contributed by atoms with Crippen LogP contribution in [-0.2, 0) is 28.2 Å². The average Bonchev–Trinajstić information content (AvgIpc) is 3.20. The monoisotopic (exact) mass is 839 g/mol. The number of carbonyl (C=O) groups is 2. The Kier molecular flexibility index (Phi) is 43.5. The van der Waals surface area contributed by atoms with Gasteiger partial charge in [0.05, 0.1) is 6.61 Å². The zero-order valence-corrected chi connectivity index (χ0v) is 38.6. The molecule has 0 heterocycles. The van der Waals surface area contributed by atoms with Gasteiger partial charge in [-0.15, -0.1) is 0 Å². The molecule has 0 amide bonds. The maximum atomic E-state index is 12.4. The Morgan fingerprint density at radius 1 is 0.431 bits per heavy atom. The van der Waals surface area contributed by atoms with E-state index in [1.807, 2.05) is 0 Å². The van der Waals surface area contributed by atoms with E-state index in [2.05, 4.69) is 54.8 Å². The number of rotatable bonds is 45. The number of esters is 2. The molecule has 0 radical (unpaired) electrons. The third-order valence-corrected chi connectivity index (χ3v) is 11.1. The predicted octanol–water partition coefficient (Wildman–Crippen LogP) is 15.3. The van der Waals surface area contributed by atoms with Crippen LogP contribution in [0.25, 0.3) is 0 Å². The summed E-state index contributed by atoms with van der Waals surface area (Å²) in [7, 11) is -4.77. The van der Waals surface area contributed by atoms with Crippen LogP contribution >= 0.6 is 7.82 Å².